The van der Waals surface area contributed by atoms with E-state index < -0.39 is 17.0 Å². The Balaban J connectivity index is 2.78. The summed E-state index contributed by atoms with van der Waals surface area (Å²) in [5.74, 6) is 0.320. The Bertz CT molecular complexity index is 676. The van der Waals surface area contributed by atoms with Gasteiger partial charge in [-0.1, -0.05) is 27.7 Å². The molecule has 0 aliphatic carbocycles. The van der Waals surface area contributed by atoms with Gasteiger partial charge in [-0.25, -0.2) is 4.98 Å². The largest absolute Gasteiger partial charge is 0.383 e. The minimum atomic E-state index is -1.65. The van der Waals surface area contributed by atoms with Gasteiger partial charge < -0.3 is 16.2 Å². The molecule has 6 nitrogen and oxygen atoms in total. The van der Waals surface area contributed by atoms with Crippen LogP contribution in [0.15, 0.2) is 5.03 Å². The highest BCUT2D eigenvalue weighted by atomic mass is 32.2. The maximum atomic E-state index is 12.2. The molecule has 1 amide bonds. The molecule has 1 aliphatic heterocycles. The van der Waals surface area contributed by atoms with Crippen LogP contribution in [0.1, 0.15) is 55.6 Å². The number of aliphatic hydroxyl groups is 1. The van der Waals surface area contributed by atoms with E-state index in [1.165, 1.54) is 11.8 Å². The summed E-state index contributed by atoms with van der Waals surface area (Å²) in [6.45, 7) is 7.39. The summed E-state index contributed by atoms with van der Waals surface area (Å²) in [5.41, 5.74) is 4.13. The van der Waals surface area contributed by atoms with Crippen LogP contribution in [0.4, 0.5) is 5.82 Å². The molecule has 0 saturated carbocycles. The number of nitrogens with zero attached hydrogens (tertiary/aromatic N) is 2. The number of rotatable bonds is 3. The first-order chi connectivity index (χ1) is 10.2. The van der Waals surface area contributed by atoms with Crippen LogP contribution in [-0.2, 0) is 5.72 Å². The molecule has 0 spiro atoms. The zero-order valence-corrected chi connectivity index (χ0v) is 14.0. The summed E-state index contributed by atoms with van der Waals surface area (Å²) >= 11 is 1.40. The molecule has 1 aromatic heterocycles. The van der Waals surface area contributed by atoms with E-state index in [-0.39, 0.29) is 22.5 Å². The quantitative estimate of drug-likeness (QED) is 0.734. The number of pyridine rings is 1. The number of carbonyl (C=O) groups excluding carboxylic acids is 1. The van der Waals surface area contributed by atoms with Crippen molar-refractivity contribution in [3.8, 4) is 6.07 Å². The van der Waals surface area contributed by atoms with Crippen molar-refractivity contribution < 1.29 is 9.90 Å². The Morgan fingerprint density at radius 2 is 2.14 bits per heavy atom. The first-order valence-electron chi connectivity index (χ1n) is 7.09. The molecule has 118 valence electrons. The van der Waals surface area contributed by atoms with Crippen molar-refractivity contribution in [2.45, 2.75) is 44.9 Å². The maximum Gasteiger partial charge on any atom is 0.258 e. The third kappa shape index (κ3) is 2.32. The van der Waals surface area contributed by atoms with Crippen molar-refractivity contribution in [3.63, 3.8) is 0 Å². The van der Waals surface area contributed by atoms with E-state index >= 15 is 0 Å². The summed E-state index contributed by atoms with van der Waals surface area (Å²) in [4.78, 5) is 16.4. The van der Waals surface area contributed by atoms with Gasteiger partial charge in [0.25, 0.3) is 5.91 Å². The Labute approximate surface area is 134 Å². The van der Waals surface area contributed by atoms with Crippen LogP contribution in [0.3, 0.4) is 0 Å². The van der Waals surface area contributed by atoms with Crippen LogP contribution in [0.2, 0.25) is 0 Å². The van der Waals surface area contributed by atoms with Gasteiger partial charge >= 0.3 is 0 Å². The second kappa shape index (κ2) is 5.45. The molecule has 0 fully saturated rings. The van der Waals surface area contributed by atoms with Crippen molar-refractivity contribution in [1.82, 2.24) is 10.3 Å². The number of hydrogen-bond donors (Lipinski definition) is 3. The van der Waals surface area contributed by atoms with Crippen LogP contribution in [0, 0.1) is 16.7 Å². The highest BCUT2D eigenvalue weighted by molar-refractivity contribution is 7.99. The monoisotopic (exact) mass is 320 g/mol. The first kappa shape index (κ1) is 16.6. The summed E-state index contributed by atoms with van der Waals surface area (Å²) in [7, 11) is 0. The molecule has 2 rings (SSSR count). The molecule has 0 aromatic carbocycles. The minimum absolute atomic E-state index is 0.0466. The molecule has 7 heteroatoms. The minimum Gasteiger partial charge on any atom is -0.383 e. The van der Waals surface area contributed by atoms with Gasteiger partial charge in [-0.2, -0.15) is 5.26 Å². The average molecular weight is 320 g/mol. The van der Waals surface area contributed by atoms with Crippen LogP contribution in [-0.4, -0.2) is 21.8 Å². The number of nitrogen functional groups attached to an aromatic ring is 1. The van der Waals surface area contributed by atoms with E-state index in [0.717, 1.165) is 12.2 Å². The molecule has 1 atom stereocenters. The zero-order valence-electron chi connectivity index (χ0n) is 13.1. The smallest absolute Gasteiger partial charge is 0.258 e. The summed E-state index contributed by atoms with van der Waals surface area (Å²) in [6, 6.07) is 2.09. The normalized spacial score (nSPS) is 20.5. The molecule has 0 radical (unpaired) electrons. The van der Waals surface area contributed by atoms with Gasteiger partial charge in [0.05, 0.1) is 11.1 Å². The molecule has 1 unspecified atom stereocenters. The number of amides is 1. The van der Waals surface area contributed by atoms with Gasteiger partial charge in [-0.3, -0.25) is 4.79 Å². The molecular weight excluding hydrogens is 300 g/mol. The molecule has 2 heterocycles. The molecular formula is C15H20N4O2S. The van der Waals surface area contributed by atoms with Crippen LogP contribution >= 0.6 is 11.8 Å². The SMILES string of the molecule is CCCSc1nc(N)c2c(c1C#N)C(O)(C(C)(C)C)NC2=O. The van der Waals surface area contributed by atoms with Gasteiger partial charge in [0.1, 0.15) is 16.9 Å². The van der Waals surface area contributed by atoms with Gasteiger partial charge in [-0.15, -0.1) is 11.8 Å². The van der Waals surface area contributed by atoms with Gasteiger partial charge in [-0.05, 0) is 12.2 Å². The van der Waals surface area contributed by atoms with Gasteiger partial charge in [0, 0.05) is 11.0 Å². The van der Waals surface area contributed by atoms with Gasteiger partial charge in [0.15, 0.2) is 5.72 Å². The number of aromatic nitrogens is 1. The number of nitriles is 1. The van der Waals surface area contributed by atoms with Crippen molar-refractivity contribution in [1.29, 1.82) is 5.26 Å². The van der Waals surface area contributed by atoms with Crippen molar-refractivity contribution in [3.05, 3.63) is 16.7 Å². The zero-order chi connectivity index (χ0) is 16.7. The maximum absolute atomic E-state index is 12.2. The van der Waals surface area contributed by atoms with Crippen LogP contribution in [0.5, 0.6) is 0 Å². The van der Waals surface area contributed by atoms with Crippen LogP contribution in [0.25, 0.3) is 0 Å². The molecule has 4 N–H and O–H groups in total. The van der Waals surface area contributed by atoms with E-state index in [9.17, 15) is 15.2 Å². The van der Waals surface area contributed by atoms with Crippen molar-refractivity contribution >= 4 is 23.5 Å². The fourth-order valence-electron chi connectivity index (χ4n) is 2.43. The number of fused-ring (bicyclic) bond motifs is 1. The number of nitrogens with one attached hydrogen (secondary N) is 1. The van der Waals surface area contributed by atoms with Crippen LogP contribution < -0.4 is 11.1 Å². The molecule has 1 aliphatic rings. The number of nitrogens with two attached hydrogens (primary N) is 1. The van der Waals surface area contributed by atoms with E-state index in [2.05, 4.69) is 16.4 Å². The third-order valence-electron chi connectivity index (χ3n) is 3.72. The van der Waals surface area contributed by atoms with Crippen molar-refractivity contribution in [2.24, 2.45) is 5.41 Å². The van der Waals surface area contributed by atoms with E-state index in [1.807, 2.05) is 6.92 Å². The van der Waals surface area contributed by atoms with Gasteiger partial charge in [0.2, 0.25) is 0 Å². The lowest BCUT2D eigenvalue weighted by Gasteiger charge is -2.37. The standard InChI is InChI=1S/C15H20N4O2S/c1-5-6-22-13-8(7-16)10-9(11(17)18-13)12(20)19-15(10,21)14(2,3)4/h21H,5-6H2,1-4H3,(H2,17,18)(H,19,20). The predicted octanol–water partition coefficient (Wildman–Crippen LogP) is 1.97. The molecule has 22 heavy (non-hydrogen) atoms. The summed E-state index contributed by atoms with van der Waals surface area (Å²) < 4.78 is 0. The summed E-state index contributed by atoms with van der Waals surface area (Å²) in [5, 5.41) is 23.7. The van der Waals surface area contributed by atoms with E-state index in [1.54, 1.807) is 20.8 Å². The Morgan fingerprint density at radius 3 is 2.64 bits per heavy atom. The number of carbonyl (C=O) groups is 1. The highest BCUT2D eigenvalue weighted by Crippen LogP contribution is 2.46. The number of thioether (sulfide) groups is 1. The Hall–Kier alpha value is -1.78. The second-order valence-electron chi connectivity index (χ2n) is 6.30. The fourth-order valence-corrected chi connectivity index (χ4v) is 3.28. The first-order valence-corrected chi connectivity index (χ1v) is 8.07. The Kier molecular flexibility index (Phi) is 4.11. The van der Waals surface area contributed by atoms with E-state index in [4.69, 9.17) is 5.73 Å². The third-order valence-corrected chi connectivity index (χ3v) is 4.90. The lowest BCUT2D eigenvalue weighted by Crippen LogP contribution is -2.50. The fraction of sp³-hybridized carbons (Fsp3) is 0.533. The number of hydrogen-bond acceptors (Lipinski definition) is 6. The Morgan fingerprint density at radius 1 is 1.50 bits per heavy atom. The topological polar surface area (TPSA) is 112 Å². The highest BCUT2D eigenvalue weighted by Gasteiger charge is 2.53. The molecule has 0 saturated heterocycles. The van der Waals surface area contributed by atoms with Crippen molar-refractivity contribution in [2.75, 3.05) is 11.5 Å². The molecule has 0 bridgehead atoms. The second-order valence-corrected chi connectivity index (χ2v) is 7.39. The predicted molar refractivity (Wildman–Crippen MR) is 85.2 cm³/mol. The van der Waals surface area contributed by atoms with E-state index in [0.29, 0.717) is 5.03 Å². The number of anilines is 1. The lowest BCUT2D eigenvalue weighted by atomic mass is 9.78. The summed E-state index contributed by atoms with van der Waals surface area (Å²) in [6.07, 6.45) is 0.912. The lowest BCUT2D eigenvalue weighted by molar-refractivity contribution is -0.0789. The average Bonchev–Trinajstić information content (AvgIpc) is 2.70. The molecule has 1 aromatic rings.